The van der Waals surface area contributed by atoms with Gasteiger partial charge in [0.2, 0.25) is 0 Å². The van der Waals surface area contributed by atoms with E-state index < -0.39 is 16.7 Å². The lowest BCUT2D eigenvalue weighted by molar-refractivity contribution is -0.139. The van der Waals surface area contributed by atoms with Crippen molar-refractivity contribution in [2.24, 2.45) is 0 Å². The molecule has 0 saturated carbocycles. The number of carboxylic acids is 1. The van der Waals surface area contributed by atoms with Gasteiger partial charge in [0.15, 0.2) is 4.87 Å². The number of nitrogens with one attached hydrogen (secondary N) is 1. The van der Waals surface area contributed by atoms with Crippen molar-refractivity contribution in [3.05, 3.63) is 35.9 Å². The molecule has 0 radical (unpaired) electrons. The lowest BCUT2D eigenvalue weighted by Gasteiger charge is -2.27. The Bertz CT molecular complexity index is 427. The normalized spacial score (nSPS) is 13.7. The van der Waals surface area contributed by atoms with E-state index in [1.807, 2.05) is 6.92 Å². The van der Waals surface area contributed by atoms with Crippen molar-refractivity contribution in [2.75, 3.05) is 11.6 Å². The molecule has 1 aromatic rings. The number of carbonyl (C=O) groups excluding carboxylic acids is 1. The highest BCUT2D eigenvalue weighted by Crippen LogP contribution is 2.25. The Balaban J connectivity index is 2.91. The van der Waals surface area contributed by atoms with Crippen LogP contribution >= 0.6 is 23.4 Å². The lowest BCUT2D eigenvalue weighted by Crippen LogP contribution is -2.53. The number of hydrogen-bond acceptors (Lipinski definition) is 3. The molecular formula is C12H14ClNO3S. The van der Waals surface area contributed by atoms with Gasteiger partial charge in [0.05, 0.1) is 5.88 Å². The minimum atomic E-state index is -1.48. The number of aliphatic carboxylic acids is 1. The molecule has 18 heavy (non-hydrogen) atoms. The molecule has 0 heterocycles. The third-order valence-electron chi connectivity index (χ3n) is 2.28. The van der Waals surface area contributed by atoms with Gasteiger partial charge in [0, 0.05) is 5.56 Å². The van der Waals surface area contributed by atoms with Crippen molar-refractivity contribution in [2.45, 2.75) is 11.8 Å². The van der Waals surface area contributed by atoms with Crippen LogP contribution in [0.3, 0.4) is 0 Å². The van der Waals surface area contributed by atoms with Crippen LogP contribution in [-0.4, -0.2) is 33.5 Å². The van der Waals surface area contributed by atoms with E-state index in [1.165, 1.54) is 0 Å². The van der Waals surface area contributed by atoms with Crippen LogP contribution in [0, 0.1) is 0 Å². The quantitative estimate of drug-likeness (QED) is 0.622. The molecule has 6 heteroatoms. The highest BCUT2D eigenvalue weighted by atomic mass is 35.5. The summed E-state index contributed by atoms with van der Waals surface area (Å²) in [7, 11) is 0. The predicted molar refractivity (Wildman–Crippen MR) is 73.1 cm³/mol. The van der Waals surface area contributed by atoms with Crippen LogP contribution in [0.1, 0.15) is 17.3 Å². The number of halogens is 1. The van der Waals surface area contributed by atoms with Crippen LogP contribution < -0.4 is 5.32 Å². The first kappa shape index (κ1) is 14.9. The summed E-state index contributed by atoms with van der Waals surface area (Å²) in [6, 6.07) is 8.44. The fourth-order valence-electron chi connectivity index (χ4n) is 1.37. The summed E-state index contributed by atoms with van der Waals surface area (Å²) in [5, 5.41) is 11.7. The molecule has 0 aliphatic carbocycles. The maximum absolute atomic E-state index is 12.0. The van der Waals surface area contributed by atoms with E-state index in [4.69, 9.17) is 11.6 Å². The summed E-state index contributed by atoms with van der Waals surface area (Å²) in [6.07, 6.45) is 0. The molecule has 1 amide bonds. The lowest BCUT2D eigenvalue weighted by atomic mass is 10.2. The average molecular weight is 288 g/mol. The molecule has 0 bridgehead atoms. The maximum atomic E-state index is 12.0. The Hall–Kier alpha value is -1.20. The second-order valence-corrected chi connectivity index (χ2v) is 5.35. The number of hydrogen-bond donors (Lipinski definition) is 2. The first-order chi connectivity index (χ1) is 8.55. The summed E-state index contributed by atoms with van der Waals surface area (Å²) >= 11 is 6.80. The summed E-state index contributed by atoms with van der Waals surface area (Å²) < 4.78 is 0. The average Bonchev–Trinajstić information content (AvgIpc) is 2.38. The molecule has 0 aromatic heterocycles. The third-order valence-corrected chi connectivity index (χ3v) is 4.04. The summed E-state index contributed by atoms with van der Waals surface area (Å²) in [5.41, 5.74) is 0.407. The molecule has 0 saturated heterocycles. The number of carboxylic acid groups (broad SMARTS) is 1. The van der Waals surface area contributed by atoms with Gasteiger partial charge in [-0.1, -0.05) is 25.1 Å². The molecule has 2 N–H and O–H groups in total. The second kappa shape index (κ2) is 6.66. The maximum Gasteiger partial charge on any atom is 0.341 e. The number of rotatable bonds is 6. The van der Waals surface area contributed by atoms with Crippen LogP contribution in [0.15, 0.2) is 30.3 Å². The van der Waals surface area contributed by atoms with E-state index in [2.05, 4.69) is 5.32 Å². The molecule has 98 valence electrons. The Labute approximate surface area is 115 Å². The second-order valence-electron chi connectivity index (χ2n) is 3.52. The van der Waals surface area contributed by atoms with E-state index in [-0.39, 0.29) is 5.88 Å². The Morgan fingerprint density at radius 2 is 2.00 bits per heavy atom. The van der Waals surface area contributed by atoms with Gasteiger partial charge in [-0.25, -0.2) is 4.79 Å². The first-order valence-corrected chi connectivity index (χ1v) is 6.88. The van der Waals surface area contributed by atoms with E-state index >= 15 is 0 Å². The molecule has 0 aliphatic rings. The zero-order chi connectivity index (χ0) is 13.6. The van der Waals surface area contributed by atoms with Gasteiger partial charge in [-0.3, -0.25) is 4.79 Å². The molecule has 0 spiro atoms. The van der Waals surface area contributed by atoms with Gasteiger partial charge in [-0.2, -0.15) is 0 Å². The zero-order valence-corrected chi connectivity index (χ0v) is 11.4. The van der Waals surface area contributed by atoms with Crippen LogP contribution in [0.4, 0.5) is 0 Å². The van der Waals surface area contributed by atoms with Crippen molar-refractivity contribution in [3.63, 3.8) is 0 Å². The number of thioether (sulfide) groups is 1. The van der Waals surface area contributed by atoms with E-state index in [9.17, 15) is 14.7 Å². The van der Waals surface area contributed by atoms with E-state index in [1.54, 1.807) is 30.3 Å². The van der Waals surface area contributed by atoms with Crippen molar-refractivity contribution in [3.8, 4) is 0 Å². The molecule has 0 fully saturated rings. The van der Waals surface area contributed by atoms with Crippen molar-refractivity contribution in [1.82, 2.24) is 5.32 Å². The minimum absolute atomic E-state index is 0.195. The summed E-state index contributed by atoms with van der Waals surface area (Å²) in [6.45, 7) is 1.81. The minimum Gasteiger partial charge on any atom is -0.479 e. The van der Waals surface area contributed by atoms with Crippen LogP contribution in [-0.2, 0) is 4.79 Å². The van der Waals surface area contributed by atoms with E-state index in [0.29, 0.717) is 11.3 Å². The molecule has 1 atom stereocenters. The molecule has 4 nitrogen and oxygen atoms in total. The summed E-state index contributed by atoms with van der Waals surface area (Å²) in [4.78, 5) is 21.8. The Morgan fingerprint density at radius 3 is 2.44 bits per heavy atom. The van der Waals surface area contributed by atoms with Gasteiger partial charge >= 0.3 is 5.97 Å². The van der Waals surface area contributed by atoms with Crippen LogP contribution in [0.5, 0.6) is 0 Å². The van der Waals surface area contributed by atoms with Gasteiger partial charge in [-0.05, 0) is 17.9 Å². The highest BCUT2D eigenvalue weighted by molar-refractivity contribution is 8.01. The molecule has 1 rings (SSSR count). The fraction of sp³-hybridized carbons (Fsp3) is 0.333. The van der Waals surface area contributed by atoms with Gasteiger partial charge in [0.1, 0.15) is 0 Å². The number of alkyl halides is 1. The van der Waals surface area contributed by atoms with Crippen LogP contribution in [0.2, 0.25) is 0 Å². The number of amides is 1. The number of carbonyl (C=O) groups is 2. The molecule has 1 aromatic carbocycles. The standard InChI is InChI=1S/C12H14ClNO3S/c1-2-18-12(8-13,11(16)17)14-10(15)9-6-4-3-5-7-9/h3-7H,2,8H2,1H3,(H,14,15)(H,16,17). The van der Waals surface area contributed by atoms with Crippen molar-refractivity contribution < 1.29 is 14.7 Å². The highest BCUT2D eigenvalue weighted by Gasteiger charge is 2.39. The topological polar surface area (TPSA) is 66.4 Å². The largest absolute Gasteiger partial charge is 0.479 e. The third kappa shape index (κ3) is 3.40. The van der Waals surface area contributed by atoms with Crippen LogP contribution in [0.25, 0.3) is 0 Å². The smallest absolute Gasteiger partial charge is 0.341 e. The van der Waals surface area contributed by atoms with Gasteiger partial charge in [0.25, 0.3) is 5.91 Å². The molecule has 0 aliphatic heterocycles. The fourth-order valence-corrected chi connectivity index (χ4v) is 2.64. The molecular weight excluding hydrogens is 274 g/mol. The first-order valence-electron chi connectivity index (χ1n) is 5.36. The SMILES string of the molecule is CCSC(CCl)(NC(=O)c1ccccc1)C(=O)O. The number of benzene rings is 1. The Kier molecular flexibility index (Phi) is 5.50. The van der Waals surface area contributed by atoms with Crippen molar-refractivity contribution in [1.29, 1.82) is 0 Å². The van der Waals surface area contributed by atoms with Gasteiger partial charge in [-0.15, -0.1) is 23.4 Å². The van der Waals surface area contributed by atoms with Crippen molar-refractivity contribution >= 4 is 35.2 Å². The molecule has 1 unspecified atom stereocenters. The monoisotopic (exact) mass is 287 g/mol. The summed E-state index contributed by atoms with van der Waals surface area (Å²) in [5.74, 6) is -1.25. The van der Waals surface area contributed by atoms with Gasteiger partial charge < -0.3 is 10.4 Å². The van der Waals surface area contributed by atoms with E-state index in [0.717, 1.165) is 11.8 Å². The predicted octanol–water partition coefficient (Wildman–Crippen LogP) is 2.19. The Morgan fingerprint density at radius 1 is 1.39 bits per heavy atom. The zero-order valence-electron chi connectivity index (χ0n) is 9.85.